The van der Waals surface area contributed by atoms with Crippen molar-refractivity contribution in [3.8, 4) is 5.75 Å². The minimum absolute atomic E-state index is 0.297. The second kappa shape index (κ2) is 4.08. The summed E-state index contributed by atoms with van der Waals surface area (Å²) in [7, 11) is 1.70. The van der Waals surface area contributed by atoms with E-state index in [0.717, 1.165) is 25.0 Å². The molecule has 2 aromatic rings. The molecule has 3 N–H and O–H groups in total. The van der Waals surface area contributed by atoms with Crippen LogP contribution in [0.25, 0.3) is 10.9 Å². The Morgan fingerprint density at radius 3 is 3.12 bits per heavy atom. The Kier molecular flexibility index (Phi) is 2.56. The number of aryl methyl sites for hydroxylation is 1. The molecule has 1 aliphatic carbocycles. The lowest BCUT2D eigenvalue weighted by Crippen LogP contribution is -2.21. The molecule has 90 valence electrons. The third kappa shape index (κ3) is 1.80. The number of nitrogens with two attached hydrogens (primary N) is 1. The molecule has 0 bridgehead atoms. The minimum Gasteiger partial charge on any atom is -0.497 e. The third-order valence-corrected chi connectivity index (χ3v) is 3.67. The lowest BCUT2D eigenvalue weighted by molar-refractivity contribution is 0.415. The quantitative estimate of drug-likeness (QED) is 0.739. The summed E-state index contributed by atoms with van der Waals surface area (Å²) in [4.78, 5) is 3.50. The number of nitrogens with one attached hydrogen (secondary N) is 1. The fourth-order valence-electron chi connectivity index (χ4n) is 2.78. The summed E-state index contributed by atoms with van der Waals surface area (Å²) in [6.07, 6.45) is 4.41. The fraction of sp³-hybridized carbons (Fsp3) is 0.429. The van der Waals surface area contributed by atoms with Gasteiger partial charge in [0, 0.05) is 35.1 Å². The van der Waals surface area contributed by atoms with Gasteiger partial charge in [-0.2, -0.15) is 0 Å². The van der Waals surface area contributed by atoms with Crippen LogP contribution in [-0.4, -0.2) is 18.1 Å². The topological polar surface area (TPSA) is 51.0 Å². The Hall–Kier alpha value is -1.48. The SMILES string of the molecule is COc1ccc2c3c([nH]c2c1)CC(N)CCC3. The summed E-state index contributed by atoms with van der Waals surface area (Å²) in [5, 5.41) is 1.33. The number of aromatic amines is 1. The van der Waals surface area contributed by atoms with E-state index >= 15 is 0 Å². The molecule has 3 heteroatoms. The van der Waals surface area contributed by atoms with Crippen molar-refractivity contribution in [3.63, 3.8) is 0 Å². The van der Waals surface area contributed by atoms with E-state index in [1.54, 1.807) is 7.11 Å². The maximum Gasteiger partial charge on any atom is 0.120 e. The van der Waals surface area contributed by atoms with Crippen LogP contribution in [0.3, 0.4) is 0 Å². The van der Waals surface area contributed by atoms with E-state index in [1.165, 1.54) is 28.6 Å². The summed E-state index contributed by atoms with van der Waals surface area (Å²) < 4.78 is 5.26. The predicted molar refractivity (Wildman–Crippen MR) is 69.5 cm³/mol. The smallest absolute Gasteiger partial charge is 0.120 e. The van der Waals surface area contributed by atoms with Gasteiger partial charge in [0.05, 0.1) is 7.11 Å². The van der Waals surface area contributed by atoms with Crippen LogP contribution in [0.5, 0.6) is 5.75 Å². The zero-order valence-corrected chi connectivity index (χ0v) is 10.1. The van der Waals surface area contributed by atoms with E-state index in [1.807, 2.05) is 6.07 Å². The van der Waals surface area contributed by atoms with Crippen LogP contribution in [0.2, 0.25) is 0 Å². The van der Waals surface area contributed by atoms with Crippen LogP contribution in [0.1, 0.15) is 24.1 Å². The van der Waals surface area contributed by atoms with Crippen LogP contribution < -0.4 is 10.5 Å². The monoisotopic (exact) mass is 230 g/mol. The van der Waals surface area contributed by atoms with Gasteiger partial charge < -0.3 is 15.5 Å². The first-order valence-electron chi connectivity index (χ1n) is 6.21. The van der Waals surface area contributed by atoms with Gasteiger partial charge in [0.15, 0.2) is 0 Å². The van der Waals surface area contributed by atoms with Crippen LogP contribution in [0, 0.1) is 0 Å². The first kappa shape index (κ1) is 10.7. The minimum atomic E-state index is 0.297. The van der Waals surface area contributed by atoms with E-state index < -0.39 is 0 Å². The lowest BCUT2D eigenvalue weighted by Gasteiger charge is -2.05. The molecule has 0 saturated carbocycles. The number of hydrogen-bond acceptors (Lipinski definition) is 2. The average molecular weight is 230 g/mol. The van der Waals surface area contributed by atoms with E-state index in [2.05, 4.69) is 17.1 Å². The maximum atomic E-state index is 6.08. The number of methoxy groups -OCH3 is 1. The predicted octanol–water partition coefficient (Wildman–Crippen LogP) is 2.38. The molecule has 3 rings (SSSR count). The van der Waals surface area contributed by atoms with Crippen molar-refractivity contribution in [2.45, 2.75) is 31.7 Å². The van der Waals surface area contributed by atoms with Crippen LogP contribution in [0.15, 0.2) is 18.2 Å². The Labute approximate surface area is 101 Å². The summed E-state index contributed by atoms with van der Waals surface area (Å²) in [5.74, 6) is 0.901. The van der Waals surface area contributed by atoms with Crippen molar-refractivity contribution in [2.75, 3.05) is 7.11 Å². The number of hydrogen-bond donors (Lipinski definition) is 2. The normalized spacial score (nSPS) is 20.0. The number of ether oxygens (including phenoxy) is 1. The number of H-pyrrole nitrogens is 1. The Morgan fingerprint density at radius 1 is 1.41 bits per heavy atom. The van der Waals surface area contributed by atoms with Crippen molar-refractivity contribution in [3.05, 3.63) is 29.5 Å². The highest BCUT2D eigenvalue weighted by Gasteiger charge is 2.18. The van der Waals surface area contributed by atoms with Crippen molar-refractivity contribution < 1.29 is 4.74 Å². The molecule has 17 heavy (non-hydrogen) atoms. The van der Waals surface area contributed by atoms with Crippen LogP contribution in [-0.2, 0) is 12.8 Å². The van der Waals surface area contributed by atoms with Gasteiger partial charge >= 0.3 is 0 Å². The molecule has 1 heterocycles. The number of benzene rings is 1. The van der Waals surface area contributed by atoms with Gasteiger partial charge in [-0.3, -0.25) is 0 Å². The molecule has 1 unspecified atom stereocenters. The molecule has 1 aromatic carbocycles. The van der Waals surface area contributed by atoms with E-state index in [9.17, 15) is 0 Å². The first-order valence-corrected chi connectivity index (χ1v) is 6.21. The first-order chi connectivity index (χ1) is 8.28. The van der Waals surface area contributed by atoms with Gasteiger partial charge in [0.25, 0.3) is 0 Å². The molecule has 0 saturated heterocycles. The highest BCUT2D eigenvalue weighted by atomic mass is 16.5. The molecule has 1 atom stereocenters. The summed E-state index contributed by atoms with van der Waals surface area (Å²) in [5.41, 5.74) is 10.0. The number of aromatic nitrogens is 1. The molecule has 0 spiro atoms. The molecule has 0 aliphatic heterocycles. The van der Waals surface area contributed by atoms with Crippen molar-refractivity contribution in [1.29, 1.82) is 0 Å². The average Bonchev–Trinajstić information content (AvgIpc) is 2.55. The second-order valence-corrected chi connectivity index (χ2v) is 4.85. The summed E-state index contributed by atoms with van der Waals surface area (Å²) >= 11 is 0. The Morgan fingerprint density at radius 2 is 2.29 bits per heavy atom. The van der Waals surface area contributed by atoms with Crippen LogP contribution >= 0.6 is 0 Å². The fourth-order valence-corrected chi connectivity index (χ4v) is 2.78. The van der Waals surface area contributed by atoms with Crippen molar-refractivity contribution in [1.82, 2.24) is 4.98 Å². The van der Waals surface area contributed by atoms with Gasteiger partial charge in [-0.15, -0.1) is 0 Å². The molecule has 3 nitrogen and oxygen atoms in total. The van der Waals surface area contributed by atoms with E-state index in [0.29, 0.717) is 6.04 Å². The van der Waals surface area contributed by atoms with Gasteiger partial charge in [0.1, 0.15) is 5.75 Å². The molecular weight excluding hydrogens is 212 g/mol. The number of fused-ring (bicyclic) bond motifs is 3. The van der Waals surface area contributed by atoms with Gasteiger partial charge in [0.2, 0.25) is 0 Å². The van der Waals surface area contributed by atoms with Gasteiger partial charge in [-0.05, 0) is 37.0 Å². The number of rotatable bonds is 1. The summed E-state index contributed by atoms with van der Waals surface area (Å²) in [6, 6.07) is 6.54. The van der Waals surface area contributed by atoms with E-state index in [4.69, 9.17) is 10.5 Å². The largest absolute Gasteiger partial charge is 0.497 e. The van der Waals surface area contributed by atoms with E-state index in [-0.39, 0.29) is 0 Å². The lowest BCUT2D eigenvalue weighted by atomic mass is 10.1. The maximum absolute atomic E-state index is 6.08. The zero-order chi connectivity index (χ0) is 11.8. The second-order valence-electron chi connectivity index (χ2n) is 4.85. The molecule has 0 radical (unpaired) electrons. The Balaban J connectivity index is 2.13. The highest BCUT2D eigenvalue weighted by Crippen LogP contribution is 2.30. The molecule has 0 amide bonds. The summed E-state index contributed by atoms with van der Waals surface area (Å²) in [6.45, 7) is 0. The third-order valence-electron chi connectivity index (χ3n) is 3.67. The molecule has 1 aliphatic rings. The van der Waals surface area contributed by atoms with Crippen molar-refractivity contribution in [2.24, 2.45) is 5.73 Å². The standard InChI is InChI=1S/C14H18N2O/c1-17-10-5-6-12-11-4-2-3-9(15)7-13(11)16-14(12)8-10/h5-6,8-9,16H,2-4,7,15H2,1H3. The van der Waals surface area contributed by atoms with Crippen molar-refractivity contribution >= 4 is 10.9 Å². The molecular formula is C14H18N2O. The van der Waals surface area contributed by atoms with Crippen LogP contribution in [0.4, 0.5) is 0 Å². The van der Waals surface area contributed by atoms with Gasteiger partial charge in [-0.1, -0.05) is 0 Å². The zero-order valence-electron chi connectivity index (χ0n) is 10.1. The Bertz CT molecular complexity index is 544. The highest BCUT2D eigenvalue weighted by molar-refractivity contribution is 5.86. The molecule has 0 fully saturated rings. The molecule has 1 aromatic heterocycles. The van der Waals surface area contributed by atoms with Gasteiger partial charge in [-0.25, -0.2) is 0 Å².